The molecule has 0 bridgehead atoms. The van der Waals surface area contributed by atoms with Crippen LogP contribution in [0.25, 0.3) is 6.08 Å². The van der Waals surface area contributed by atoms with Crippen LogP contribution in [0.4, 0.5) is 5.69 Å². The first-order valence-electron chi connectivity index (χ1n) is 4.32. The van der Waals surface area contributed by atoms with E-state index in [-0.39, 0.29) is 11.3 Å². The van der Waals surface area contributed by atoms with Crippen LogP contribution < -0.4 is 4.74 Å². The fourth-order valence-corrected chi connectivity index (χ4v) is 1.15. The lowest BCUT2D eigenvalue weighted by Crippen LogP contribution is -1.93. The number of nitro groups is 2. The highest BCUT2D eigenvalue weighted by molar-refractivity contribution is 5.63. The molecule has 0 spiro atoms. The maximum Gasteiger partial charge on any atom is 0.315 e. The third-order valence-electron chi connectivity index (χ3n) is 1.88. The van der Waals surface area contributed by atoms with Crippen LogP contribution in [-0.4, -0.2) is 22.1 Å². The van der Waals surface area contributed by atoms with Crippen molar-refractivity contribution in [2.45, 2.75) is 0 Å². The van der Waals surface area contributed by atoms with E-state index < -0.39 is 21.3 Å². The Labute approximate surface area is 95.1 Å². The van der Waals surface area contributed by atoms with Crippen molar-refractivity contribution in [3.63, 3.8) is 0 Å². The number of rotatable bonds is 4. The van der Waals surface area contributed by atoms with Crippen LogP contribution in [0.1, 0.15) is 5.56 Å². The molecule has 0 unspecified atom stereocenters. The van der Waals surface area contributed by atoms with Crippen molar-refractivity contribution in [2.75, 3.05) is 7.11 Å². The normalized spacial score (nSPS) is 10.4. The number of nitro benzene ring substituents is 1. The lowest BCUT2D eigenvalue weighted by Gasteiger charge is -2.04. The largest absolute Gasteiger partial charge is 0.500 e. The van der Waals surface area contributed by atoms with Gasteiger partial charge in [-0.1, -0.05) is 0 Å². The molecule has 0 saturated heterocycles. The van der Waals surface area contributed by atoms with Crippen LogP contribution in [0.2, 0.25) is 0 Å². The molecule has 17 heavy (non-hydrogen) atoms. The summed E-state index contributed by atoms with van der Waals surface area (Å²) in [7, 11) is 1.22. The maximum absolute atomic E-state index is 10.6. The minimum atomic E-state index is -0.804. The highest BCUT2D eigenvalue weighted by atomic mass is 16.6. The van der Waals surface area contributed by atoms with Gasteiger partial charge >= 0.3 is 5.69 Å². The van der Waals surface area contributed by atoms with Crippen molar-refractivity contribution < 1.29 is 19.7 Å². The lowest BCUT2D eigenvalue weighted by molar-refractivity contribution is -0.400. The van der Waals surface area contributed by atoms with E-state index in [4.69, 9.17) is 4.74 Å². The number of phenolic OH excluding ortho intramolecular Hbond substituents is 1. The summed E-state index contributed by atoms with van der Waals surface area (Å²) in [5.41, 5.74) is -0.393. The summed E-state index contributed by atoms with van der Waals surface area (Å²) in [6, 6.07) is 2.26. The molecule has 8 nitrogen and oxygen atoms in total. The van der Waals surface area contributed by atoms with Crippen molar-refractivity contribution >= 4 is 11.8 Å². The Kier molecular flexibility index (Phi) is 3.60. The van der Waals surface area contributed by atoms with E-state index in [1.807, 2.05) is 0 Å². The van der Waals surface area contributed by atoms with Crippen LogP contribution in [0.5, 0.6) is 11.5 Å². The second-order valence-corrected chi connectivity index (χ2v) is 2.95. The second kappa shape index (κ2) is 4.92. The predicted molar refractivity (Wildman–Crippen MR) is 57.3 cm³/mol. The van der Waals surface area contributed by atoms with Crippen molar-refractivity contribution in [2.24, 2.45) is 0 Å². The number of nitrogens with zero attached hydrogens (tertiary/aromatic N) is 2. The smallest absolute Gasteiger partial charge is 0.315 e. The lowest BCUT2D eigenvalue weighted by atomic mass is 10.1. The van der Waals surface area contributed by atoms with Gasteiger partial charge in [0.2, 0.25) is 11.9 Å². The average molecular weight is 240 g/mol. The molecular weight excluding hydrogens is 232 g/mol. The van der Waals surface area contributed by atoms with Gasteiger partial charge in [0, 0.05) is 12.1 Å². The molecule has 0 aromatic heterocycles. The van der Waals surface area contributed by atoms with Crippen molar-refractivity contribution in [1.82, 2.24) is 0 Å². The zero-order valence-corrected chi connectivity index (χ0v) is 8.69. The second-order valence-electron chi connectivity index (χ2n) is 2.95. The standard InChI is InChI=1S/C9H8N2O6/c1-17-8-5-6(2-3-10(13)14)4-7(9(8)12)11(15)16/h2-5,12H,1H3/b3-2-. The Bertz CT molecular complexity index is 497. The molecule has 90 valence electrons. The van der Waals surface area contributed by atoms with Gasteiger partial charge in [0.1, 0.15) is 0 Å². The van der Waals surface area contributed by atoms with Gasteiger partial charge in [-0.3, -0.25) is 20.2 Å². The summed E-state index contributed by atoms with van der Waals surface area (Å²) in [4.78, 5) is 19.2. The minimum absolute atomic E-state index is 0.123. The van der Waals surface area contributed by atoms with Gasteiger partial charge in [-0.15, -0.1) is 0 Å². The molecule has 0 aliphatic heterocycles. The summed E-state index contributed by atoms with van der Waals surface area (Å²) in [6.07, 6.45) is 1.70. The molecule has 0 atom stereocenters. The van der Waals surface area contributed by atoms with E-state index in [1.54, 1.807) is 0 Å². The van der Waals surface area contributed by atoms with Crippen LogP contribution in [-0.2, 0) is 0 Å². The molecule has 1 rings (SSSR count). The molecule has 0 heterocycles. The minimum Gasteiger partial charge on any atom is -0.500 e. The number of aromatic hydroxyl groups is 1. The molecule has 8 heteroatoms. The molecule has 0 aliphatic rings. The number of benzene rings is 1. The first-order valence-corrected chi connectivity index (χ1v) is 4.32. The monoisotopic (exact) mass is 240 g/mol. The van der Waals surface area contributed by atoms with Crippen molar-refractivity contribution in [1.29, 1.82) is 0 Å². The van der Waals surface area contributed by atoms with Gasteiger partial charge < -0.3 is 9.84 Å². The van der Waals surface area contributed by atoms with Crippen LogP contribution in [0, 0.1) is 20.2 Å². The quantitative estimate of drug-likeness (QED) is 0.630. The van der Waals surface area contributed by atoms with E-state index in [2.05, 4.69) is 0 Å². The zero-order valence-electron chi connectivity index (χ0n) is 8.69. The van der Waals surface area contributed by atoms with Crippen molar-refractivity contribution in [3.8, 4) is 11.5 Å². The third kappa shape index (κ3) is 2.91. The van der Waals surface area contributed by atoms with Gasteiger partial charge in [-0.05, 0) is 11.6 Å². The average Bonchev–Trinajstić information content (AvgIpc) is 2.27. The zero-order chi connectivity index (χ0) is 13.0. The number of ether oxygens (including phenoxy) is 1. The first kappa shape index (κ1) is 12.4. The van der Waals surface area contributed by atoms with E-state index >= 15 is 0 Å². The topological polar surface area (TPSA) is 116 Å². The molecule has 0 saturated carbocycles. The Morgan fingerprint density at radius 3 is 2.47 bits per heavy atom. The van der Waals surface area contributed by atoms with Crippen LogP contribution >= 0.6 is 0 Å². The molecule has 1 aromatic rings. The summed E-state index contributed by atoms with van der Waals surface area (Å²) in [6.45, 7) is 0. The summed E-state index contributed by atoms with van der Waals surface area (Å²) >= 11 is 0. The molecule has 0 amide bonds. The number of phenols is 1. The summed E-state index contributed by atoms with van der Waals surface area (Å²) in [5, 5.41) is 30.2. The highest BCUT2D eigenvalue weighted by Crippen LogP contribution is 2.37. The van der Waals surface area contributed by atoms with Gasteiger partial charge in [0.25, 0.3) is 0 Å². The number of hydrogen-bond donors (Lipinski definition) is 1. The molecule has 0 fully saturated rings. The van der Waals surface area contributed by atoms with Gasteiger partial charge in [0.15, 0.2) is 5.75 Å². The summed E-state index contributed by atoms with van der Waals surface area (Å²) in [5.74, 6) is -0.738. The SMILES string of the molecule is COc1cc(/C=C\[N+](=O)[O-])cc([N+](=O)[O-])c1O. The molecule has 1 N–H and O–H groups in total. The number of hydrogen-bond acceptors (Lipinski definition) is 6. The molecule has 0 aliphatic carbocycles. The molecule has 0 radical (unpaired) electrons. The van der Waals surface area contributed by atoms with E-state index in [9.17, 15) is 25.3 Å². The number of methoxy groups -OCH3 is 1. The van der Waals surface area contributed by atoms with E-state index in [0.29, 0.717) is 6.20 Å². The van der Waals surface area contributed by atoms with Crippen molar-refractivity contribution in [3.05, 3.63) is 44.1 Å². The fraction of sp³-hybridized carbons (Fsp3) is 0.111. The van der Waals surface area contributed by atoms with Crippen LogP contribution in [0.3, 0.4) is 0 Å². The van der Waals surface area contributed by atoms with Gasteiger partial charge in [-0.25, -0.2) is 0 Å². The Balaban J connectivity index is 3.30. The van der Waals surface area contributed by atoms with Crippen LogP contribution in [0.15, 0.2) is 18.3 Å². The maximum atomic E-state index is 10.6. The Morgan fingerprint density at radius 1 is 1.35 bits per heavy atom. The van der Waals surface area contributed by atoms with Gasteiger partial charge in [0.05, 0.1) is 17.0 Å². The Hall–Kier alpha value is -2.64. The highest BCUT2D eigenvalue weighted by Gasteiger charge is 2.19. The van der Waals surface area contributed by atoms with E-state index in [0.717, 1.165) is 12.1 Å². The third-order valence-corrected chi connectivity index (χ3v) is 1.88. The summed E-state index contributed by atoms with van der Waals surface area (Å²) < 4.78 is 4.73. The molecule has 1 aromatic carbocycles. The van der Waals surface area contributed by atoms with Gasteiger partial charge in [-0.2, -0.15) is 0 Å². The predicted octanol–water partition coefficient (Wildman–Crippen LogP) is 1.56. The fourth-order valence-electron chi connectivity index (χ4n) is 1.15. The van der Waals surface area contributed by atoms with E-state index in [1.165, 1.54) is 13.2 Å². The Morgan fingerprint density at radius 2 is 2.00 bits per heavy atom. The molecular formula is C9H8N2O6. The first-order chi connectivity index (χ1) is 7.95.